The largest absolute Gasteiger partial charge is 0.444 e. The highest BCUT2D eigenvalue weighted by Crippen LogP contribution is 2.30. The Morgan fingerprint density at radius 1 is 1.36 bits per heavy atom. The van der Waals surface area contributed by atoms with Crippen LogP contribution in [0, 0.1) is 5.82 Å². The van der Waals surface area contributed by atoms with Crippen LogP contribution in [0.3, 0.4) is 0 Å². The Bertz CT molecular complexity index is 949. The van der Waals surface area contributed by atoms with Crippen molar-refractivity contribution in [2.75, 3.05) is 16.8 Å². The van der Waals surface area contributed by atoms with Crippen LogP contribution in [0.1, 0.15) is 19.5 Å². The van der Waals surface area contributed by atoms with Gasteiger partial charge in [0, 0.05) is 5.69 Å². The Hall–Kier alpha value is -2.81. The highest BCUT2D eigenvalue weighted by molar-refractivity contribution is 6.31. The second kappa shape index (κ2) is 6.97. The van der Waals surface area contributed by atoms with E-state index in [4.69, 9.17) is 16.3 Å². The van der Waals surface area contributed by atoms with Crippen LogP contribution in [0.5, 0.6) is 0 Å². The standard InChI is InChI=1S/C18H19ClFN5O3/c1-10-7-25-16(15(6-21-25)24-8-11(2)28-18(24)27)9-23(10)17(26)22-12-3-4-14(20)13(19)5-12/h3-6,10-11H,7-9H2,1-2H3,(H,22,26). The number of carbonyl (C=O) groups excluding carboxylic acids is 2. The van der Waals surface area contributed by atoms with Crippen molar-refractivity contribution < 1.29 is 18.7 Å². The van der Waals surface area contributed by atoms with Crippen molar-refractivity contribution in [1.82, 2.24) is 14.7 Å². The van der Waals surface area contributed by atoms with Crippen molar-refractivity contribution in [2.45, 2.75) is 39.1 Å². The summed E-state index contributed by atoms with van der Waals surface area (Å²) in [5.41, 5.74) is 1.81. The second-order valence-electron chi connectivity index (χ2n) is 7.00. The molecule has 1 fully saturated rings. The predicted octanol–water partition coefficient (Wildman–Crippen LogP) is 3.46. The molecule has 2 atom stereocenters. The fourth-order valence-corrected chi connectivity index (χ4v) is 3.64. The number of halogens is 2. The number of rotatable bonds is 2. The molecule has 1 aromatic carbocycles. The lowest BCUT2D eigenvalue weighted by Gasteiger charge is -2.34. The maximum absolute atomic E-state index is 13.3. The van der Waals surface area contributed by atoms with E-state index < -0.39 is 11.9 Å². The molecule has 0 bridgehead atoms. The van der Waals surface area contributed by atoms with Gasteiger partial charge in [-0.25, -0.2) is 14.0 Å². The van der Waals surface area contributed by atoms with E-state index in [2.05, 4.69) is 10.4 Å². The summed E-state index contributed by atoms with van der Waals surface area (Å²) in [7, 11) is 0. The van der Waals surface area contributed by atoms with Gasteiger partial charge in [0.05, 0.1) is 48.3 Å². The summed E-state index contributed by atoms with van der Waals surface area (Å²) in [6.07, 6.45) is 1.01. The summed E-state index contributed by atoms with van der Waals surface area (Å²) in [6.45, 7) is 4.94. The zero-order chi connectivity index (χ0) is 20.0. The summed E-state index contributed by atoms with van der Waals surface area (Å²) >= 11 is 5.78. The molecular weight excluding hydrogens is 389 g/mol. The van der Waals surface area contributed by atoms with E-state index in [0.29, 0.717) is 24.5 Å². The van der Waals surface area contributed by atoms with Crippen LogP contribution in [0.25, 0.3) is 0 Å². The third-order valence-corrected chi connectivity index (χ3v) is 5.19. The normalized spacial score (nSPS) is 21.5. The van der Waals surface area contributed by atoms with Crippen molar-refractivity contribution in [2.24, 2.45) is 0 Å². The lowest BCUT2D eigenvalue weighted by molar-refractivity contribution is 0.150. The van der Waals surface area contributed by atoms with E-state index in [1.807, 2.05) is 13.8 Å². The average Bonchev–Trinajstić information content (AvgIpc) is 3.19. The number of benzene rings is 1. The molecule has 4 rings (SSSR count). The zero-order valence-electron chi connectivity index (χ0n) is 15.4. The van der Waals surface area contributed by atoms with Gasteiger partial charge in [-0.1, -0.05) is 11.6 Å². The van der Waals surface area contributed by atoms with Crippen molar-refractivity contribution >= 4 is 35.1 Å². The molecule has 3 amide bonds. The molecule has 0 spiro atoms. The third-order valence-electron chi connectivity index (χ3n) is 4.90. The Labute approximate surface area is 165 Å². The Morgan fingerprint density at radius 3 is 2.82 bits per heavy atom. The molecule has 8 nitrogen and oxygen atoms in total. The number of aromatic nitrogens is 2. The average molecular weight is 408 g/mol. The quantitative estimate of drug-likeness (QED) is 0.826. The van der Waals surface area contributed by atoms with Crippen LogP contribution >= 0.6 is 11.6 Å². The number of urea groups is 1. The van der Waals surface area contributed by atoms with Crippen LogP contribution in [-0.2, 0) is 17.8 Å². The Morgan fingerprint density at radius 2 is 2.14 bits per heavy atom. The summed E-state index contributed by atoms with van der Waals surface area (Å²) in [6, 6.07) is 3.54. The van der Waals surface area contributed by atoms with Gasteiger partial charge in [0.25, 0.3) is 0 Å². The molecule has 2 aliphatic rings. The highest BCUT2D eigenvalue weighted by Gasteiger charge is 2.36. The minimum Gasteiger partial charge on any atom is -0.444 e. The molecule has 1 N–H and O–H groups in total. The molecule has 3 heterocycles. The maximum Gasteiger partial charge on any atom is 0.414 e. The smallest absolute Gasteiger partial charge is 0.414 e. The van der Waals surface area contributed by atoms with E-state index in [1.54, 1.807) is 15.8 Å². The number of nitrogens with zero attached hydrogens (tertiary/aromatic N) is 4. The fraction of sp³-hybridized carbons (Fsp3) is 0.389. The van der Waals surface area contributed by atoms with Crippen LogP contribution in [0.15, 0.2) is 24.4 Å². The summed E-state index contributed by atoms with van der Waals surface area (Å²) in [5, 5.41) is 7.04. The Kier molecular flexibility index (Phi) is 4.62. The van der Waals surface area contributed by atoms with Gasteiger partial charge in [0.15, 0.2) is 0 Å². The number of amides is 3. The van der Waals surface area contributed by atoms with Gasteiger partial charge >= 0.3 is 12.1 Å². The first-order chi connectivity index (χ1) is 13.3. The predicted molar refractivity (Wildman–Crippen MR) is 101 cm³/mol. The second-order valence-corrected chi connectivity index (χ2v) is 7.41. The van der Waals surface area contributed by atoms with Crippen LogP contribution in [-0.4, -0.2) is 45.5 Å². The number of anilines is 2. The Balaban J connectivity index is 1.55. The molecule has 2 unspecified atom stereocenters. The fourth-order valence-electron chi connectivity index (χ4n) is 3.45. The monoisotopic (exact) mass is 407 g/mol. The van der Waals surface area contributed by atoms with Gasteiger partial charge < -0.3 is 15.0 Å². The van der Waals surface area contributed by atoms with Gasteiger partial charge in [0.1, 0.15) is 11.9 Å². The van der Waals surface area contributed by atoms with Crippen molar-refractivity contribution in [3.63, 3.8) is 0 Å². The summed E-state index contributed by atoms with van der Waals surface area (Å²) in [4.78, 5) is 28.1. The number of hydrogen-bond donors (Lipinski definition) is 1. The molecular formula is C18H19ClFN5O3. The molecule has 10 heteroatoms. The SMILES string of the molecule is CC1CN(c2cnn3c2CN(C(=O)Nc2ccc(F)c(Cl)c2)C(C)C3)C(=O)O1. The molecule has 148 valence electrons. The maximum atomic E-state index is 13.3. The van der Waals surface area contributed by atoms with Gasteiger partial charge in [-0.05, 0) is 32.0 Å². The number of carbonyl (C=O) groups is 2. The van der Waals surface area contributed by atoms with Crippen LogP contribution in [0.4, 0.5) is 25.4 Å². The van der Waals surface area contributed by atoms with Crippen molar-refractivity contribution in [3.8, 4) is 0 Å². The molecule has 28 heavy (non-hydrogen) atoms. The lowest BCUT2D eigenvalue weighted by Crippen LogP contribution is -2.47. The minimum absolute atomic E-state index is 0.0634. The molecule has 1 aromatic heterocycles. The number of ether oxygens (including phenoxy) is 1. The van der Waals surface area contributed by atoms with Gasteiger partial charge in [0.2, 0.25) is 0 Å². The number of hydrogen-bond acceptors (Lipinski definition) is 4. The molecule has 0 aliphatic carbocycles. The number of nitrogens with one attached hydrogen (secondary N) is 1. The first-order valence-corrected chi connectivity index (χ1v) is 9.26. The van der Waals surface area contributed by atoms with E-state index in [9.17, 15) is 14.0 Å². The third kappa shape index (κ3) is 3.26. The van der Waals surface area contributed by atoms with E-state index in [1.165, 1.54) is 23.1 Å². The van der Waals surface area contributed by atoms with Gasteiger partial charge in [-0.15, -0.1) is 0 Å². The summed E-state index contributed by atoms with van der Waals surface area (Å²) < 4.78 is 20.3. The lowest BCUT2D eigenvalue weighted by atomic mass is 10.2. The van der Waals surface area contributed by atoms with Crippen LogP contribution in [0.2, 0.25) is 5.02 Å². The minimum atomic E-state index is -0.550. The van der Waals surface area contributed by atoms with E-state index in [-0.39, 0.29) is 29.7 Å². The molecule has 2 aromatic rings. The zero-order valence-corrected chi connectivity index (χ0v) is 16.1. The first-order valence-electron chi connectivity index (χ1n) is 8.89. The molecule has 1 saturated heterocycles. The topological polar surface area (TPSA) is 79.7 Å². The molecule has 2 aliphatic heterocycles. The number of fused-ring (bicyclic) bond motifs is 1. The van der Waals surface area contributed by atoms with E-state index >= 15 is 0 Å². The molecule has 0 saturated carbocycles. The number of cyclic esters (lactones) is 1. The van der Waals surface area contributed by atoms with E-state index in [0.717, 1.165) is 5.69 Å². The van der Waals surface area contributed by atoms with Crippen LogP contribution < -0.4 is 10.2 Å². The molecule has 0 radical (unpaired) electrons. The van der Waals surface area contributed by atoms with Gasteiger partial charge in [-0.3, -0.25) is 9.58 Å². The summed E-state index contributed by atoms with van der Waals surface area (Å²) in [5.74, 6) is -0.550. The first kappa shape index (κ1) is 18.5. The van der Waals surface area contributed by atoms with Gasteiger partial charge in [-0.2, -0.15) is 5.10 Å². The van der Waals surface area contributed by atoms with Crippen molar-refractivity contribution in [3.05, 3.63) is 40.9 Å². The highest BCUT2D eigenvalue weighted by atomic mass is 35.5. The van der Waals surface area contributed by atoms with Crippen molar-refractivity contribution in [1.29, 1.82) is 0 Å².